The van der Waals surface area contributed by atoms with E-state index < -0.39 is 0 Å². The molecular formula is C21H20N4O2. The number of rotatable bonds is 5. The first-order valence-electron chi connectivity index (χ1n) is 8.50. The quantitative estimate of drug-likeness (QED) is 0.663. The van der Waals surface area contributed by atoms with E-state index in [1.807, 2.05) is 26.0 Å². The van der Waals surface area contributed by atoms with Crippen LogP contribution in [0.4, 0.5) is 17.2 Å². The van der Waals surface area contributed by atoms with Gasteiger partial charge in [-0.15, -0.1) is 0 Å². The molecule has 0 saturated carbocycles. The Bertz CT molecular complexity index is 977. The molecule has 0 saturated heterocycles. The Balaban J connectivity index is 1.74. The van der Waals surface area contributed by atoms with Gasteiger partial charge in [-0.3, -0.25) is 9.59 Å². The van der Waals surface area contributed by atoms with Crippen molar-refractivity contribution in [1.82, 2.24) is 9.97 Å². The van der Waals surface area contributed by atoms with Crippen molar-refractivity contribution in [3.63, 3.8) is 0 Å². The molecule has 2 aromatic carbocycles. The highest BCUT2D eigenvalue weighted by atomic mass is 16.2. The van der Waals surface area contributed by atoms with E-state index >= 15 is 0 Å². The lowest BCUT2D eigenvalue weighted by molar-refractivity contribution is 0.101. The van der Waals surface area contributed by atoms with Gasteiger partial charge in [-0.2, -0.15) is 0 Å². The van der Waals surface area contributed by atoms with Gasteiger partial charge in [0.15, 0.2) is 5.78 Å². The third-order valence-electron chi connectivity index (χ3n) is 3.94. The van der Waals surface area contributed by atoms with Crippen LogP contribution in [-0.2, 0) is 0 Å². The average molecular weight is 360 g/mol. The molecule has 0 fully saturated rings. The summed E-state index contributed by atoms with van der Waals surface area (Å²) < 4.78 is 0. The van der Waals surface area contributed by atoms with Crippen LogP contribution < -0.4 is 10.6 Å². The van der Waals surface area contributed by atoms with E-state index in [0.29, 0.717) is 17.1 Å². The van der Waals surface area contributed by atoms with Crippen LogP contribution in [0.25, 0.3) is 0 Å². The zero-order valence-corrected chi connectivity index (χ0v) is 15.4. The Morgan fingerprint density at radius 1 is 0.852 bits per heavy atom. The smallest absolute Gasteiger partial charge is 0.274 e. The Morgan fingerprint density at radius 3 is 2.15 bits per heavy atom. The lowest BCUT2D eigenvalue weighted by Crippen LogP contribution is -2.14. The van der Waals surface area contributed by atoms with Crippen molar-refractivity contribution in [3.8, 4) is 0 Å². The van der Waals surface area contributed by atoms with Gasteiger partial charge >= 0.3 is 0 Å². The van der Waals surface area contributed by atoms with Crippen LogP contribution in [0.2, 0.25) is 0 Å². The van der Waals surface area contributed by atoms with Crippen molar-refractivity contribution in [1.29, 1.82) is 0 Å². The minimum Gasteiger partial charge on any atom is -0.340 e. The van der Waals surface area contributed by atoms with Gasteiger partial charge in [-0.05, 0) is 68.3 Å². The summed E-state index contributed by atoms with van der Waals surface area (Å²) >= 11 is 0. The lowest BCUT2D eigenvalue weighted by atomic mass is 10.1. The number of aryl methyl sites for hydroxylation is 2. The number of ketones is 1. The SMILES string of the molecule is CC(=O)c1ccc(NC(=O)c2cc(Nc3cc(C)cc(C)c3)ncn2)cc1. The van der Waals surface area contributed by atoms with Crippen LogP contribution in [0.5, 0.6) is 0 Å². The second-order valence-corrected chi connectivity index (χ2v) is 6.38. The summed E-state index contributed by atoms with van der Waals surface area (Å²) in [6, 6.07) is 14.4. The van der Waals surface area contributed by atoms with Crippen LogP contribution in [0, 0.1) is 13.8 Å². The van der Waals surface area contributed by atoms with Gasteiger partial charge in [0.1, 0.15) is 17.8 Å². The van der Waals surface area contributed by atoms with Crippen LogP contribution in [0.1, 0.15) is 38.9 Å². The van der Waals surface area contributed by atoms with Crippen molar-refractivity contribution >= 4 is 28.9 Å². The van der Waals surface area contributed by atoms with E-state index in [9.17, 15) is 9.59 Å². The number of carbonyl (C=O) groups excluding carboxylic acids is 2. The van der Waals surface area contributed by atoms with Gasteiger partial charge < -0.3 is 10.6 Å². The Morgan fingerprint density at radius 2 is 1.52 bits per heavy atom. The summed E-state index contributed by atoms with van der Waals surface area (Å²) in [6.45, 7) is 5.54. The molecule has 0 radical (unpaired) electrons. The Hall–Kier alpha value is -3.54. The van der Waals surface area contributed by atoms with Crippen molar-refractivity contribution in [2.75, 3.05) is 10.6 Å². The monoisotopic (exact) mass is 360 g/mol. The fourth-order valence-electron chi connectivity index (χ4n) is 2.73. The van der Waals surface area contributed by atoms with Crippen molar-refractivity contribution in [3.05, 3.63) is 77.2 Å². The molecule has 0 aliphatic heterocycles. The minimum atomic E-state index is -0.351. The average Bonchev–Trinajstić information content (AvgIpc) is 2.61. The first-order chi connectivity index (χ1) is 12.9. The summed E-state index contributed by atoms with van der Waals surface area (Å²) in [7, 11) is 0. The maximum atomic E-state index is 12.4. The molecule has 3 rings (SSSR count). The summed E-state index contributed by atoms with van der Waals surface area (Å²) in [5, 5.41) is 5.96. The highest BCUT2D eigenvalue weighted by Crippen LogP contribution is 2.19. The highest BCUT2D eigenvalue weighted by Gasteiger charge is 2.10. The van der Waals surface area contributed by atoms with Crippen LogP contribution in [0.15, 0.2) is 54.9 Å². The van der Waals surface area contributed by atoms with Crippen molar-refractivity contribution in [2.45, 2.75) is 20.8 Å². The van der Waals surface area contributed by atoms with E-state index in [0.717, 1.165) is 16.8 Å². The molecule has 27 heavy (non-hydrogen) atoms. The number of nitrogens with one attached hydrogen (secondary N) is 2. The molecule has 1 aromatic heterocycles. The van der Waals surface area contributed by atoms with E-state index in [2.05, 4.69) is 26.7 Å². The summed E-state index contributed by atoms with van der Waals surface area (Å²) in [5.74, 6) is 0.161. The molecular weight excluding hydrogens is 340 g/mol. The number of hydrogen-bond donors (Lipinski definition) is 2. The standard InChI is InChI=1S/C21H20N4O2/c1-13-8-14(2)10-18(9-13)24-20-11-19(22-12-23-20)21(27)25-17-6-4-16(5-7-17)15(3)26/h4-12H,1-3H3,(H,25,27)(H,22,23,24). The molecule has 0 spiro atoms. The second kappa shape index (κ2) is 7.78. The molecule has 0 unspecified atom stereocenters. The molecule has 1 heterocycles. The second-order valence-electron chi connectivity index (χ2n) is 6.38. The summed E-state index contributed by atoms with van der Waals surface area (Å²) in [4.78, 5) is 32.0. The zero-order chi connectivity index (χ0) is 19.4. The van der Waals surface area contributed by atoms with E-state index in [1.54, 1.807) is 30.3 Å². The predicted octanol–water partition coefficient (Wildman–Crippen LogP) is 4.29. The number of aromatic nitrogens is 2. The number of nitrogens with zero attached hydrogens (tertiary/aromatic N) is 2. The van der Waals surface area contributed by atoms with Gasteiger partial charge in [-0.25, -0.2) is 9.97 Å². The zero-order valence-electron chi connectivity index (χ0n) is 15.4. The number of carbonyl (C=O) groups is 2. The van der Waals surface area contributed by atoms with Gasteiger partial charge in [0.05, 0.1) is 0 Å². The molecule has 2 N–H and O–H groups in total. The van der Waals surface area contributed by atoms with Crippen LogP contribution >= 0.6 is 0 Å². The first kappa shape index (κ1) is 18.3. The number of hydrogen-bond acceptors (Lipinski definition) is 5. The number of anilines is 3. The van der Waals surface area contributed by atoms with E-state index in [-0.39, 0.29) is 17.4 Å². The lowest BCUT2D eigenvalue weighted by Gasteiger charge is -2.09. The number of Topliss-reactive ketones (excluding diaryl/α,β-unsaturated/α-hetero) is 1. The van der Waals surface area contributed by atoms with Gasteiger partial charge in [-0.1, -0.05) is 6.07 Å². The Kier molecular flexibility index (Phi) is 5.26. The minimum absolute atomic E-state index is 0.0224. The first-order valence-corrected chi connectivity index (χ1v) is 8.50. The fraction of sp³-hybridized carbons (Fsp3) is 0.143. The summed E-state index contributed by atoms with van der Waals surface area (Å²) in [5.41, 5.74) is 4.60. The molecule has 6 heteroatoms. The molecule has 6 nitrogen and oxygen atoms in total. The summed E-state index contributed by atoms with van der Waals surface area (Å²) in [6.07, 6.45) is 1.35. The number of amides is 1. The van der Waals surface area contributed by atoms with Crippen LogP contribution in [0.3, 0.4) is 0 Å². The van der Waals surface area contributed by atoms with Crippen LogP contribution in [-0.4, -0.2) is 21.7 Å². The normalized spacial score (nSPS) is 10.3. The van der Waals surface area contributed by atoms with E-state index in [1.165, 1.54) is 13.3 Å². The predicted molar refractivity (Wildman–Crippen MR) is 106 cm³/mol. The third kappa shape index (κ3) is 4.76. The third-order valence-corrected chi connectivity index (χ3v) is 3.94. The van der Waals surface area contributed by atoms with Gasteiger partial charge in [0, 0.05) is 23.0 Å². The number of benzene rings is 2. The highest BCUT2D eigenvalue weighted by molar-refractivity contribution is 6.03. The van der Waals surface area contributed by atoms with Gasteiger partial charge in [0.25, 0.3) is 5.91 Å². The molecule has 136 valence electrons. The maximum Gasteiger partial charge on any atom is 0.274 e. The molecule has 0 bridgehead atoms. The molecule has 0 aliphatic rings. The van der Waals surface area contributed by atoms with Crippen molar-refractivity contribution in [2.24, 2.45) is 0 Å². The molecule has 0 atom stereocenters. The molecule has 3 aromatic rings. The fourth-order valence-corrected chi connectivity index (χ4v) is 2.73. The molecule has 1 amide bonds. The van der Waals surface area contributed by atoms with Crippen molar-refractivity contribution < 1.29 is 9.59 Å². The van der Waals surface area contributed by atoms with E-state index in [4.69, 9.17) is 0 Å². The largest absolute Gasteiger partial charge is 0.340 e. The topological polar surface area (TPSA) is 84.0 Å². The molecule has 0 aliphatic carbocycles. The Labute approximate surface area is 157 Å². The maximum absolute atomic E-state index is 12.4. The van der Waals surface area contributed by atoms with Gasteiger partial charge in [0.2, 0.25) is 0 Å².